The van der Waals surface area contributed by atoms with Crippen molar-refractivity contribution in [3.8, 4) is 0 Å². The van der Waals surface area contributed by atoms with Crippen LogP contribution in [0.2, 0.25) is 0 Å². The molecule has 0 aliphatic carbocycles. The fraction of sp³-hybridized carbons (Fsp3) is 0.929. The van der Waals surface area contributed by atoms with Crippen molar-refractivity contribution >= 4 is 0 Å². The average Bonchev–Trinajstić information content (AvgIpc) is 3.14. The maximum atomic E-state index is 2.68. The van der Waals surface area contributed by atoms with Crippen molar-refractivity contribution < 1.29 is 0 Å². The highest BCUT2D eigenvalue weighted by Gasteiger charge is 2.24. The second-order valence-corrected chi connectivity index (χ2v) is 9.70. The molecule has 0 aromatic rings. The molecule has 0 saturated heterocycles. The van der Waals surface area contributed by atoms with Crippen LogP contribution in [0.3, 0.4) is 0 Å². The highest BCUT2D eigenvalue weighted by Crippen LogP contribution is 2.23. The molecule has 0 aromatic heterocycles. The van der Waals surface area contributed by atoms with E-state index in [0.717, 1.165) is 0 Å². The summed E-state index contributed by atoms with van der Waals surface area (Å²) >= 11 is 0. The minimum atomic E-state index is 0.645. The van der Waals surface area contributed by atoms with Gasteiger partial charge in [-0.1, -0.05) is 124 Å². The Kier molecular flexibility index (Phi) is 18.5. The minimum Gasteiger partial charge on any atom is -0.356 e. The van der Waals surface area contributed by atoms with Crippen molar-refractivity contribution in [2.75, 3.05) is 13.1 Å². The molecule has 0 spiro atoms. The molecule has 2 heteroatoms. The van der Waals surface area contributed by atoms with E-state index in [0.29, 0.717) is 6.17 Å². The Morgan fingerprint density at radius 2 is 0.767 bits per heavy atom. The Balaban J connectivity index is 2.29. The smallest absolute Gasteiger partial charge is 0.101 e. The van der Waals surface area contributed by atoms with Crippen LogP contribution in [-0.2, 0) is 0 Å². The number of hydrogen-bond acceptors (Lipinski definition) is 2. The van der Waals surface area contributed by atoms with E-state index >= 15 is 0 Å². The van der Waals surface area contributed by atoms with E-state index in [1.807, 2.05) is 0 Å². The van der Waals surface area contributed by atoms with Gasteiger partial charge in [-0.05, 0) is 25.7 Å². The number of rotatable bonds is 22. The van der Waals surface area contributed by atoms with E-state index in [4.69, 9.17) is 0 Å². The van der Waals surface area contributed by atoms with Gasteiger partial charge in [0.2, 0.25) is 0 Å². The van der Waals surface area contributed by atoms with Crippen LogP contribution in [0.25, 0.3) is 0 Å². The van der Waals surface area contributed by atoms with Crippen LogP contribution in [0.1, 0.15) is 149 Å². The molecule has 1 unspecified atom stereocenters. The fourth-order valence-electron chi connectivity index (χ4n) is 4.77. The molecular formula is C28H56N2. The summed E-state index contributed by atoms with van der Waals surface area (Å²) in [6.07, 6.45) is 33.5. The second-order valence-electron chi connectivity index (χ2n) is 9.70. The molecule has 1 aliphatic heterocycles. The number of hydrogen-bond donors (Lipinski definition) is 0. The predicted molar refractivity (Wildman–Crippen MR) is 136 cm³/mol. The van der Waals surface area contributed by atoms with Crippen LogP contribution in [0.5, 0.6) is 0 Å². The second kappa shape index (κ2) is 20.3. The Bertz CT molecular complexity index is 379. The molecule has 0 bridgehead atoms. The van der Waals surface area contributed by atoms with Crippen molar-refractivity contribution in [1.82, 2.24) is 9.80 Å². The molecule has 1 atom stereocenters. The SMILES string of the molecule is CCCCCCCCCC1N(CCCCCCC)C=CN1CCCCCCCCC. The van der Waals surface area contributed by atoms with Crippen molar-refractivity contribution in [1.29, 1.82) is 0 Å². The number of nitrogens with zero attached hydrogens (tertiary/aromatic N) is 2. The monoisotopic (exact) mass is 420 g/mol. The van der Waals surface area contributed by atoms with E-state index in [-0.39, 0.29) is 0 Å². The van der Waals surface area contributed by atoms with Gasteiger partial charge >= 0.3 is 0 Å². The van der Waals surface area contributed by atoms with Crippen LogP contribution in [-0.4, -0.2) is 29.1 Å². The molecule has 0 fully saturated rings. The molecule has 0 amide bonds. The molecule has 2 nitrogen and oxygen atoms in total. The van der Waals surface area contributed by atoms with Crippen LogP contribution in [0, 0.1) is 0 Å². The third kappa shape index (κ3) is 13.6. The summed E-state index contributed by atoms with van der Waals surface area (Å²) in [6, 6.07) is 0. The van der Waals surface area contributed by atoms with E-state index < -0.39 is 0 Å². The van der Waals surface area contributed by atoms with Gasteiger partial charge in [-0.2, -0.15) is 0 Å². The van der Waals surface area contributed by atoms with E-state index in [9.17, 15) is 0 Å². The van der Waals surface area contributed by atoms with Crippen LogP contribution in [0.4, 0.5) is 0 Å². The van der Waals surface area contributed by atoms with Gasteiger partial charge in [-0.3, -0.25) is 0 Å². The first-order valence-corrected chi connectivity index (χ1v) is 14.0. The van der Waals surface area contributed by atoms with Gasteiger partial charge in [-0.15, -0.1) is 0 Å². The maximum absolute atomic E-state index is 2.68. The molecular weight excluding hydrogens is 364 g/mol. The van der Waals surface area contributed by atoms with Crippen molar-refractivity contribution in [2.24, 2.45) is 0 Å². The fourth-order valence-corrected chi connectivity index (χ4v) is 4.77. The van der Waals surface area contributed by atoms with Gasteiger partial charge in [0.05, 0.1) is 0 Å². The zero-order valence-electron chi connectivity index (χ0n) is 21.2. The Hall–Kier alpha value is -0.660. The highest BCUT2D eigenvalue weighted by atomic mass is 15.4. The lowest BCUT2D eigenvalue weighted by molar-refractivity contribution is 0.135. The highest BCUT2D eigenvalue weighted by molar-refractivity contribution is 4.97. The average molecular weight is 421 g/mol. The summed E-state index contributed by atoms with van der Waals surface area (Å²) < 4.78 is 0. The topological polar surface area (TPSA) is 6.48 Å². The molecule has 30 heavy (non-hydrogen) atoms. The first-order chi connectivity index (χ1) is 14.8. The van der Waals surface area contributed by atoms with Gasteiger partial charge in [-0.25, -0.2) is 0 Å². The van der Waals surface area contributed by atoms with Crippen LogP contribution in [0.15, 0.2) is 12.4 Å². The zero-order valence-corrected chi connectivity index (χ0v) is 21.2. The Labute approximate surface area is 190 Å². The standard InChI is InChI=1S/C28H56N2/c1-4-7-10-13-15-17-20-23-28-29(24-21-18-12-9-6-3)26-27-30(28)25-22-19-16-14-11-8-5-2/h26-28H,4-25H2,1-3H3. The van der Waals surface area contributed by atoms with E-state index in [1.54, 1.807) is 0 Å². The summed E-state index contributed by atoms with van der Waals surface area (Å²) in [5, 5.41) is 0. The summed E-state index contributed by atoms with van der Waals surface area (Å²) in [6.45, 7) is 9.44. The van der Waals surface area contributed by atoms with Gasteiger partial charge in [0, 0.05) is 25.5 Å². The van der Waals surface area contributed by atoms with Gasteiger partial charge in [0.25, 0.3) is 0 Å². The lowest BCUT2D eigenvalue weighted by Gasteiger charge is -2.33. The zero-order chi connectivity index (χ0) is 21.7. The van der Waals surface area contributed by atoms with Crippen LogP contribution >= 0.6 is 0 Å². The molecule has 0 saturated carbocycles. The predicted octanol–water partition coefficient (Wildman–Crippen LogP) is 9.26. The van der Waals surface area contributed by atoms with Crippen LogP contribution < -0.4 is 0 Å². The molecule has 1 aliphatic rings. The van der Waals surface area contributed by atoms with Crippen molar-refractivity contribution in [2.45, 2.75) is 155 Å². The maximum Gasteiger partial charge on any atom is 0.101 e. The summed E-state index contributed by atoms with van der Waals surface area (Å²) in [4.78, 5) is 5.35. The summed E-state index contributed by atoms with van der Waals surface area (Å²) in [7, 11) is 0. The lowest BCUT2D eigenvalue weighted by Crippen LogP contribution is -2.39. The Morgan fingerprint density at radius 1 is 0.433 bits per heavy atom. The molecule has 0 aromatic carbocycles. The molecule has 178 valence electrons. The van der Waals surface area contributed by atoms with Gasteiger partial charge < -0.3 is 9.80 Å². The Morgan fingerprint density at radius 3 is 1.17 bits per heavy atom. The minimum absolute atomic E-state index is 0.645. The summed E-state index contributed by atoms with van der Waals surface area (Å²) in [5.74, 6) is 0. The molecule has 1 rings (SSSR count). The van der Waals surface area contributed by atoms with Gasteiger partial charge in [0.1, 0.15) is 6.17 Å². The third-order valence-electron chi connectivity index (χ3n) is 6.82. The largest absolute Gasteiger partial charge is 0.356 e. The lowest BCUT2D eigenvalue weighted by atomic mass is 10.1. The number of unbranched alkanes of at least 4 members (excludes halogenated alkanes) is 16. The van der Waals surface area contributed by atoms with Crippen molar-refractivity contribution in [3.05, 3.63) is 12.4 Å². The van der Waals surface area contributed by atoms with E-state index in [1.165, 1.54) is 142 Å². The molecule has 0 N–H and O–H groups in total. The normalized spacial score (nSPS) is 16.2. The third-order valence-corrected chi connectivity index (χ3v) is 6.82. The van der Waals surface area contributed by atoms with Gasteiger partial charge in [0.15, 0.2) is 0 Å². The first kappa shape index (κ1) is 27.4. The summed E-state index contributed by atoms with van der Waals surface area (Å²) in [5.41, 5.74) is 0. The molecule has 0 radical (unpaired) electrons. The van der Waals surface area contributed by atoms with Crippen molar-refractivity contribution in [3.63, 3.8) is 0 Å². The quantitative estimate of drug-likeness (QED) is 0.161. The molecule has 1 heterocycles. The van der Waals surface area contributed by atoms with E-state index in [2.05, 4.69) is 43.0 Å². The first-order valence-electron chi connectivity index (χ1n) is 14.0.